The van der Waals surface area contributed by atoms with Crippen molar-refractivity contribution in [3.05, 3.63) is 95.1 Å². The Morgan fingerprint density at radius 1 is 0.969 bits per heavy atom. The smallest absolute Gasteiger partial charge is 0.251 e. The summed E-state index contributed by atoms with van der Waals surface area (Å²) in [4.78, 5) is 12.4. The van der Waals surface area contributed by atoms with Crippen molar-refractivity contribution in [3.8, 4) is 5.75 Å². The average molecular weight is 453 g/mol. The maximum absolute atomic E-state index is 12.4. The van der Waals surface area contributed by atoms with Crippen molar-refractivity contribution >= 4 is 21.6 Å². The van der Waals surface area contributed by atoms with E-state index in [1.807, 2.05) is 62.4 Å². The highest BCUT2D eigenvalue weighted by Gasteiger charge is 2.20. The molecule has 0 heterocycles. The number of amides is 1. The van der Waals surface area contributed by atoms with Crippen LogP contribution in [0.15, 0.2) is 72.8 Å². The van der Waals surface area contributed by atoms with Crippen molar-refractivity contribution in [2.45, 2.75) is 20.4 Å². The molecule has 0 radical (unpaired) electrons. The van der Waals surface area contributed by atoms with Crippen LogP contribution in [0, 0.1) is 13.8 Å². The zero-order chi connectivity index (χ0) is 23.1. The monoisotopic (exact) mass is 452 g/mol. The second-order valence-corrected chi connectivity index (χ2v) is 9.58. The molecule has 7 heteroatoms. The third-order valence-electron chi connectivity index (χ3n) is 4.96. The third-order valence-corrected chi connectivity index (χ3v) is 6.09. The van der Waals surface area contributed by atoms with Gasteiger partial charge in [-0.2, -0.15) is 0 Å². The highest BCUT2D eigenvalue weighted by molar-refractivity contribution is 7.92. The van der Waals surface area contributed by atoms with Gasteiger partial charge in [-0.1, -0.05) is 48.0 Å². The van der Waals surface area contributed by atoms with Gasteiger partial charge in [0.15, 0.2) is 0 Å². The number of rotatable bonds is 9. The molecule has 168 valence electrons. The van der Waals surface area contributed by atoms with Crippen LogP contribution in [-0.2, 0) is 16.6 Å². The summed E-state index contributed by atoms with van der Waals surface area (Å²) in [5.41, 5.74) is 3.91. The molecule has 0 fully saturated rings. The van der Waals surface area contributed by atoms with Crippen molar-refractivity contribution in [2.24, 2.45) is 0 Å². The fraction of sp³-hybridized carbons (Fsp3) is 0.240. The number of para-hydroxylation sites is 1. The highest BCUT2D eigenvalue weighted by atomic mass is 32.2. The second kappa shape index (κ2) is 10.3. The van der Waals surface area contributed by atoms with Crippen LogP contribution in [0.2, 0.25) is 0 Å². The van der Waals surface area contributed by atoms with Crippen molar-refractivity contribution in [1.82, 2.24) is 5.32 Å². The normalized spacial score (nSPS) is 11.1. The summed E-state index contributed by atoms with van der Waals surface area (Å²) in [5.74, 6) is 0.549. The Balaban J connectivity index is 1.61. The number of carbonyl (C=O) groups is 1. The van der Waals surface area contributed by atoms with E-state index in [0.29, 0.717) is 24.4 Å². The molecule has 32 heavy (non-hydrogen) atoms. The summed E-state index contributed by atoms with van der Waals surface area (Å²) in [6.45, 7) is 4.81. The number of nitrogens with one attached hydrogen (secondary N) is 1. The van der Waals surface area contributed by atoms with E-state index in [1.54, 1.807) is 24.3 Å². The highest BCUT2D eigenvalue weighted by Crippen LogP contribution is 2.25. The summed E-state index contributed by atoms with van der Waals surface area (Å²) in [7, 11) is -3.48. The Morgan fingerprint density at radius 3 is 2.28 bits per heavy atom. The van der Waals surface area contributed by atoms with Crippen molar-refractivity contribution < 1.29 is 17.9 Å². The molecule has 0 atom stereocenters. The van der Waals surface area contributed by atoms with Crippen molar-refractivity contribution in [3.63, 3.8) is 0 Å². The summed E-state index contributed by atoms with van der Waals surface area (Å²) in [5, 5.41) is 2.82. The van der Waals surface area contributed by atoms with Gasteiger partial charge in [0, 0.05) is 5.56 Å². The number of aryl methyl sites for hydroxylation is 2. The molecule has 0 spiro atoms. The lowest BCUT2D eigenvalue weighted by Crippen LogP contribution is -2.30. The minimum Gasteiger partial charge on any atom is -0.492 e. The van der Waals surface area contributed by atoms with Gasteiger partial charge in [0.1, 0.15) is 12.4 Å². The maximum atomic E-state index is 12.4. The number of nitrogens with zero attached hydrogens (tertiary/aromatic N) is 1. The summed E-state index contributed by atoms with van der Waals surface area (Å²) < 4.78 is 31.9. The van der Waals surface area contributed by atoms with E-state index in [2.05, 4.69) is 5.32 Å². The van der Waals surface area contributed by atoms with Crippen LogP contribution in [0.4, 0.5) is 5.69 Å². The molecule has 6 nitrogen and oxygen atoms in total. The minimum absolute atomic E-state index is 0.190. The predicted octanol–water partition coefficient (Wildman–Crippen LogP) is 4.08. The first-order valence-electron chi connectivity index (χ1n) is 10.3. The van der Waals surface area contributed by atoms with Crippen LogP contribution in [-0.4, -0.2) is 33.7 Å². The van der Waals surface area contributed by atoms with Gasteiger partial charge in [0.05, 0.1) is 25.0 Å². The average Bonchev–Trinajstić information content (AvgIpc) is 2.76. The lowest BCUT2D eigenvalue weighted by Gasteiger charge is -2.24. The molecule has 0 bridgehead atoms. The van der Waals surface area contributed by atoms with Gasteiger partial charge >= 0.3 is 0 Å². The van der Waals surface area contributed by atoms with Crippen LogP contribution in [0.25, 0.3) is 0 Å². The van der Waals surface area contributed by atoms with Crippen LogP contribution >= 0.6 is 0 Å². The molecule has 3 rings (SSSR count). The molecule has 0 aliphatic rings. The summed E-state index contributed by atoms with van der Waals surface area (Å²) in [6.07, 6.45) is 1.20. The van der Waals surface area contributed by atoms with E-state index in [0.717, 1.165) is 22.4 Å². The van der Waals surface area contributed by atoms with E-state index in [-0.39, 0.29) is 12.5 Å². The van der Waals surface area contributed by atoms with Gasteiger partial charge in [0.25, 0.3) is 5.91 Å². The lowest BCUT2D eigenvalue weighted by molar-refractivity contribution is 0.0947. The zero-order valence-electron chi connectivity index (χ0n) is 18.5. The Kier molecular flexibility index (Phi) is 7.53. The SMILES string of the molecule is Cc1ccc(N(Cc2ccc(C(=O)NCCOc3ccccc3)cc2)S(C)(=O)=O)c(C)c1. The minimum atomic E-state index is -3.48. The Bertz CT molecular complexity index is 1160. The Labute approximate surface area is 189 Å². The molecule has 0 saturated heterocycles. The molecule has 0 aliphatic carbocycles. The molecule has 1 N–H and O–H groups in total. The standard InChI is InChI=1S/C25H28N2O4S/c1-19-9-14-24(20(2)17-19)27(32(3,29)30)18-21-10-12-22(13-11-21)25(28)26-15-16-31-23-7-5-4-6-8-23/h4-14,17H,15-16,18H2,1-3H3,(H,26,28). The molecule has 0 aliphatic heterocycles. The first kappa shape index (κ1) is 23.3. The van der Waals surface area contributed by atoms with Crippen LogP contribution in [0.3, 0.4) is 0 Å². The van der Waals surface area contributed by atoms with Gasteiger partial charge in [-0.15, -0.1) is 0 Å². The number of benzene rings is 3. The molecular weight excluding hydrogens is 424 g/mol. The number of hydrogen-bond acceptors (Lipinski definition) is 4. The maximum Gasteiger partial charge on any atom is 0.251 e. The van der Waals surface area contributed by atoms with Crippen LogP contribution < -0.4 is 14.4 Å². The fourth-order valence-corrected chi connectivity index (χ4v) is 4.29. The van der Waals surface area contributed by atoms with E-state index >= 15 is 0 Å². The van der Waals surface area contributed by atoms with E-state index < -0.39 is 10.0 Å². The number of sulfonamides is 1. The van der Waals surface area contributed by atoms with Gasteiger partial charge < -0.3 is 10.1 Å². The van der Waals surface area contributed by atoms with Crippen LogP contribution in [0.5, 0.6) is 5.75 Å². The number of hydrogen-bond donors (Lipinski definition) is 1. The summed E-state index contributed by atoms with van der Waals surface area (Å²) in [6, 6.07) is 22.0. The Morgan fingerprint density at radius 2 is 1.66 bits per heavy atom. The topological polar surface area (TPSA) is 75.7 Å². The largest absolute Gasteiger partial charge is 0.492 e. The third kappa shape index (κ3) is 6.34. The number of anilines is 1. The quantitative estimate of drug-likeness (QED) is 0.497. The molecule has 0 aromatic heterocycles. The molecule has 0 saturated carbocycles. The van der Waals surface area contributed by atoms with E-state index in [1.165, 1.54) is 10.6 Å². The number of ether oxygens (including phenoxy) is 1. The fourth-order valence-electron chi connectivity index (χ4n) is 3.35. The van der Waals surface area contributed by atoms with Gasteiger partial charge in [-0.25, -0.2) is 8.42 Å². The molecule has 1 amide bonds. The van der Waals surface area contributed by atoms with E-state index in [4.69, 9.17) is 4.74 Å². The summed E-state index contributed by atoms with van der Waals surface area (Å²) >= 11 is 0. The van der Waals surface area contributed by atoms with Gasteiger partial charge in [0.2, 0.25) is 10.0 Å². The number of carbonyl (C=O) groups excluding carboxylic acids is 1. The second-order valence-electron chi connectivity index (χ2n) is 7.67. The van der Waals surface area contributed by atoms with E-state index in [9.17, 15) is 13.2 Å². The van der Waals surface area contributed by atoms with Gasteiger partial charge in [-0.3, -0.25) is 9.10 Å². The van der Waals surface area contributed by atoms with Crippen molar-refractivity contribution in [1.29, 1.82) is 0 Å². The Hall–Kier alpha value is -3.32. The van der Waals surface area contributed by atoms with Gasteiger partial charge in [-0.05, 0) is 55.3 Å². The van der Waals surface area contributed by atoms with Crippen LogP contribution in [0.1, 0.15) is 27.0 Å². The molecular formula is C25H28N2O4S. The molecule has 3 aromatic rings. The van der Waals surface area contributed by atoms with Crippen molar-refractivity contribution in [2.75, 3.05) is 23.7 Å². The molecule has 3 aromatic carbocycles. The zero-order valence-corrected chi connectivity index (χ0v) is 19.4. The first-order valence-corrected chi connectivity index (χ1v) is 12.2. The predicted molar refractivity (Wildman–Crippen MR) is 128 cm³/mol. The first-order chi connectivity index (χ1) is 15.2. The molecule has 0 unspecified atom stereocenters. The lowest BCUT2D eigenvalue weighted by atomic mass is 10.1.